The SMILES string of the molecule is OB(O)O.c1ccc2scnc2c1.c1ccc2scnc2c1. The molecule has 4 aromatic rings. The number of benzene rings is 2. The third kappa shape index (κ3) is 5.17. The Bertz CT molecular complexity index is 690. The van der Waals surface area contributed by atoms with Crippen LogP contribution in [0.1, 0.15) is 0 Å². The highest BCUT2D eigenvalue weighted by Gasteiger charge is 1.92. The summed E-state index contributed by atoms with van der Waals surface area (Å²) in [5.41, 5.74) is 5.93. The summed E-state index contributed by atoms with van der Waals surface area (Å²) < 4.78 is 2.52. The molecule has 0 bridgehead atoms. The molecule has 0 aliphatic carbocycles. The van der Waals surface area contributed by atoms with Gasteiger partial charge in [-0.25, -0.2) is 9.97 Å². The average Bonchev–Trinajstić information content (AvgIpc) is 3.16. The average molecular weight is 332 g/mol. The van der Waals surface area contributed by atoms with Crippen LogP contribution in [0, 0.1) is 0 Å². The zero-order valence-electron chi connectivity index (χ0n) is 11.4. The van der Waals surface area contributed by atoms with E-state index in [0.717, 1.165) is 11.0 Å². The molecule has 0 saturated carbocycles. The normalized spacial score (nSPS) is 9.59. The second-order valence-electron chi connectivity index (χ2n) is 3.99. The van der Waals surface area contributed by atoms with Crippen LogP contribution in [0.4, 0.5) is 0 Å². The zero-order valence-corrected chi connectivity index (χ0v) is 13.0. The number of aromatic nitrogens is 2. The summed E-state index contributed by atoms with van der Waals surface area (Å²) in [5, 5.41) is 21.5. The molecule has 2 aromatic carbocycles. The molecule has 0 radical (unpaired) electrons. The first-order chi connectivity index (χ1) is 10.7. The van der Waals surface area contributed by atoms with Gasteiger partial charge in [0.1, 0.15) is 0 Å². The van der Waals surface area contributed by atoms with Crippen LogP contribution in [-0.4, -0.2) is 32.4 Å². The van der Waals surface area contributed by atoms with Crippen molar-refractivity contribution in [1.29, 1.82) is 0 Å². The van der Waals surface area contributed by atoms with Crippen LogP contribution in [0.25, 0.3) is 20.4 Å². The lowest BCUT2D eigenvalue weighted by Crippen LogP contribution is -2.07. The van der Waals surface area contributed by atoms with Crippen molar-refractivity contribution in [3.05, 3.63) is 59.6 Å². The van der Waals surface area contributed by atoms with Gasteiger partial charge in [-0.1, -0.05) is 24.3 Å². The molecule has 112 valence electrons. The van der Waals surface area contributed by atoms with Crippen molar-refractivity contribution in [3.63, 3.8) is 0 Å². The molecule has 4 rings (SSSR count). The van der Waals surface area contributed by atoms with Crippen LogP contribution in [0.5, 0.6) is 0 Å². The van der Waals surface area contributed by atoms with Crippen molar-refractivity contribution in [1.82, 2.24) is 9.97 Å². The molecule has 2 aromatic heterocycles. The van der Waals surface area contributed by atoms with E-state index in [9.17, 15) is 0 Å². The van der Waals surface area contributed by atoms with E-state index in [2.05, 4.69) is 22.1 Å². The van der Waals surface area contributed by atoms with Crippen molar-refractivity contribution in [2.75, 3.05) is 0 Å². The van der Waals surface area contributed by atoms with Crippen LogP contribution < -0.4 is 0 Å². The van der Waals surface area contributed by atoms with E-state index in [0.29, 0.717) is 0 Å². The Labute approximate surface area is 135 Å². The maximum Gasteiger partial charge on any atom is 0.631 e. The van der Waals surface area contributed by atoms with Gasteiger partial charge in [0, 0.05) is 0 Å². The molecule has 2 heterocycles. The van der Waals surface area contributed by atoms with Gasteiger partial charge in [-0.15, -0.1) is 22.7 Å². The van der Waals surface area contributed by atoms with E-state index in [-0.39, 0.29) is 0 Å². The quantitative estimate of drug-likeness (QED) is 0.431. The number of hydrogen-bond donors (Lipinski definition) is 3. The van der Waals surface area contributed by atoms with E-state index >= 15 is 0 Å². The molecule has 22 heavy (non-hydrogen) atoms. The third-order valence-corrected chi connectivity index (χ3v) is 4.09. The van der Waals surface area contributed by atoms with Gasteiger partial charge in [-0.3, -0.25) is 0 Å². The minimum atomic E-state index is -2.17. The topological polar surface area (TPSA) is 86.5 Å². The van der Waals surface area contributed by atoms with Gasteiger partial charge in [0.25, 0.3) is 0 Å². The number of fused-ring (bicyclic) bond motifs is 2. The molecule has 0 aliphatic rings. The number of hydrogen-bond acceptors (Lipinski definition) is 7. The number of nitrogens with zero attached hydrogens (tertiary/aromatic N) is 2. The summed E-state index contributed by atoms with van der Waals surface area (Å²) >= 11 is 3.35. The molecule has 0 unspecified atom stereocenters. The largest absolute Gasteiger partial charge is 0.631 e. The Hall–Kier alpha value is -1.84. The van der Waals surface area contributed by atoms with E-state index in [1.807, 2.05) is 47.4 Å². The Morgan fingerprint density at radius 2 is 1.05 bits per heavy atom. The molecule has 8 heteroatoms. The first kappa shape index (κ1) is 16.5. The number of rotatable bonds is 0. The lowest BCUT2D eigenvalue weighted by atomic mass is 10.3. The van der Waals surface area contributed by atoms with Crippen molar-refractivity contribution in [2.24, 2.45) is 0 Å². The minimum absolute atomic E-state index is 1.10. The van der Waals surface area contributed by atoms with Crippen molar-refractivity contribution in [2.45, 2.75) is 0 Å². The molecule has 0 saturated heterocycles. The predicted molar refractivity (Wildman–Crippen MR) is 91.7 cm³/mol. The van der Waals surface area contributed by atoms with Gasteiger partial charge in [0.2, 0.25) is 0 Å². The van der Waals surface area contributed by atoms with E-state index in [1.165, 1.54) is 9.40 Å². The van der Waals surface area contributed by atoms with Gasteiger partial charge in [-0.05, 0) is 24.3 Å². The second kappa shape index (κ2) is 8.57. The second-order valence-corrected chi connectivity index (χ2v) is 5.76. The summed E-state index contributed by atoms with van der Waals surface area (Å²) in [6.45, 7) is 0. The fraction of sp³-hybridized carbons (Fsp3) is 0. The third-order valence-electron chi connectivity index (χ3n) is 2.47. The molecule has 0 aliphatic heterocycles. The molecular formula is C14H13BN2O3S2. The van der Waals surface area contributed by atoms with Gasteiger partial charge >= 0.3 is 7.32 Å². The molecule has 3 N–H and O–H groups in total. The monoisotopic (exact) mass is 332 g/mol. The van der Waals surface area contributed by atoms with Gasteiger partial charge in [-0.2, -0.15) is 0 Å². The summed E-state index contributed by atoms with van der Waals surface area (Å²) in [6, 6.07) is 16.3. The first-order valence-electron chi connectivity index (χ1n) is 6.27. The highest BCUT2D eigenvalue weighted by Crippen LogP contribution is 2.16. The molecule has 0 amide bonds. The molecular weight excluding hydrogens is 319 g/mol. The fourth-order valence-corrected chi connectivity index (χ4v) is 2.96. The van der Waals surface area contributed by atoms with E-state index in [1.54, 1.807) is 22.7 Å². The maximum absolute atomic E-state index is 7.17. The standard InChI is InChI=1S/2C7H5NS.BH3O3/c2*1-2-4-7-6(3-1)8-5-9-7;2-1(3)4/h2*1-5H;2-4H. The van der Waals surface area contributed by atoms with Gasteiger partial charge < -0.3 is 15.1 Å². The smallest absolute Gasteiger partial charge is 0.402 e. The Balaban J connectivity index is 0.000000131. The van der Waals surface area contributed by atoms with E-state index in [4.69, 9.17) is 15.1 Å². The maximum atomic E-state index is 7.17. The minimum Gasteiger partial charge on any atom is -0.402 e. The molecule has 5 nitrogen and oxygen atoms in total. The lowest BCUT2D eigenvalue weighted by molar-refractivity contribution is 0.278. The van der Waals surface area contributed by atoms with Crippen LogP contribution in [0.2, 0.25) is 0 Å². The van der Waals surface area contributed by atoms with Crippen molar-refractivity contribution in [3.8, 4) is 0 Å². The van der Waals surface area contributed by atoms with Crippen molar-refractivity contribution < 1.29 is 15.1 Å². The molecule has 0 spiro atoms. The van der Waals surface area contributed by atoms with Crippen LogP contribution in [0.15, 0.2) is 59.6 Å². The summed E-state index contributed by atoms with van der Waals surface area (Å²) in [6.07, 6.45) is 0. The van der Waals surface area contributed by atoms with Crippen molar-refractivity contribution >= 4 is 50.4 Å². The Morgan fingerprint density at radius 3 is 1.41 bits per heavy atom. The van der Waals surface area contributed by atoms with Crippen LogP contribution in [-0.2, 0) is 0 Å². The Kier molecular flexibility index (Phi) is 6.44. The summed E-state index contributed by atoms with van der Waals surface area (Å²) in [7, 11) is -2.17. The predicted octanol–water partition coefficient (Wildman–Crippen LogP) is 2.54. The molecule has 0 atom stereocenters. The van der Waals surface area contributed by atoms with Gasteiger partial charge in [0.05, 0.1) is 31.5 Å². The highest BCUT2D eigenvalue weighted by atomic mass is 32.1. The van der Waals surface area contributed by atoms with Gasteiger partial charge in [0.15, 0.2) is 0 Å². The number of thiazole rings is 2. The molecule has 0 fully saturated rings. The fourth-order valence-electron chi connectivity index (χ4n) is 1.61. The first-order valence-corrected chi connectivity index (χ1v) is 8.03. The zero-order chi connectivity index (χ0) is 15.8. The van der Waals surface area contributed by atoms with E-state index < -0.39 is 7.32 Å². The highest BCUT2D eigenvalue weighted by molar-refractivity contribution is 7.17. The Morgan fingerprint density at radius 1 is 0.682 bits per heavy atom. The summed E-state index contributed by atoms with van der Waals surface area (Å²) in [5.74, 6) is 0. The lowest BCUT2D eigenvalue weighted by Gasteiger charge is -1.80. The number of para-hydroxylation sites is 2. The van der Waals surface area contributed by atoms with Crippen LogP contribution in [0.3, 0.4) is 0 Å². The van der Waals surface area contributed by atoms with Crippen LogP contribution >= 0.6 is 22.7 Å². The summed E-state index contributed by atoms with van der Waals surface area (Å²) in [4.78, 5) is 8.27.